The number of ether oxygens (including phenoxy) is 2. The molecule has 28 heavy (non-hydrogen) atoms. The summed E-state index contributed by atoms with van der Waals surface area (Å²) in [5.74, 6) is -0.837. The summed E-state index contributed by atoms with van der Waals surface area (Å²) in [6, 6.07) is 14.2. The molecule has 0 N–H and O–H groups in total. The average molecular weight is 419 g/mol. The molecule has 0 bridgehead atoms. The highest BCUT2D eigenvalue weighted by molar-refractivity contribution is 6.30. The van der Waals surface area contributed by atoms with E-state index in [1.54, 1.807) is 36.4 Å². The summed E-state index contributed by atoms with van der Waals surface area (Å²) in [6.45, 7) is 0.532. The van der Waals surface area contributed by atoms with Crippen LogP contribution in [-0.4, -0.2) is 25.2 Å². The van der Waals surface area contributed by atoms with E-state index in [0.29, 0.717) is 22.9 Å². The molecule has 0 amide bonds. The molecule has 0 saturated heterocycles. The summed E-state index contributed by atoms with van der Waals surface area (Å²) in [5, 5.41) is 1.28. The third-order valence-electron chi connectivity index (χ3n) is 3.59. The Bertz CT molecular complexity index is 753. The first-order valence-electron chi connectivity index (χ1n) is 8.74. The van der Waals surface area contributed by atoms with Gasteiger partial charge in [-0.3, -0.25) is 0 Å². The predicted molar refractivity (Wildman–Crippen MR) is 112 cm³/mol. The van der Waals surface area contributed by atoms with Gasteiger partial charge in [0.05, 0.1) is 13.2 Å². The normalized spacial score (nSPS) is 11.1. The molecule has 4 nitrogen and oxygen atoms in total. The van der Waals surface area contributed by atoms with Gasteiger partial charge in [-0.1, -0.05) is 47.5 Å². The number of carbonyl (C=O) groups is 2. The van der Waals surface area contributed by atoms with Gasteiger partial charge in [-0.05, 0) is 60.4 Å². The maximum absolute atomic E-state index is 11.6. The summed E-state index contributed by atoms with van der Waals surface area (Å²) >= 11 is 11.6. The number of rotatable bonds is 9. The fraction of sp³-hybridized carbons (Fsp3) is 0.182. The molecule has 0 radical (unpaired) electrons. The molecule has 0 aliphatic rings. The van der Waals surface area contributed by atoms with Gasteiger partial charge in [0.25, 0.3) is 0 Å². The second-order valence-corrected chi connectivity index (χ2v) is 6.68. The van der Waals surface area contributed by atoms with Gasteiger partial charge in [0.15, 0.2) is 0 Å². The van der Waals surface area contributed by atoms with Crippen LogP contribution in [0.4, 0.5) is 0 Å². The molecule has 0 saturated carbocycles. The van der Waals surface area contributed by atoms with Crippen molar-refractivity contribution in [2.24, 2.45) is 0 Å². The van der Waals surface area contributed by atoms with Crippen molar-refractivity contribution in [1.29, 1.82) is 0 Å². The third-order valence-corrected chi connectivity index (χ3v) is 4.10. The van der Waals surface area contributed by atoms with Crippen molar-refractivity contribution < 1.29 is 19.1 Å². The molecule has 2 rings (SSSR count). The topological polar surface area (TPSA) is 52.6 Å². The Morgan fingerprint density at radius 2 is 1.04 bits per heavy atom. The highest BCUT2D eigenvalue weighted by atomic mass is 35.5. The lowest BCUT2D eigenvalue weighted by atomic mass is 10.2. The van der Waals surface area contributed by atoms with Crippen LogP contribution in [0, 0.1) is 0 Å². The second kappa shape index (κ2) is 12.0. The van der Waals surface area contributed by atoms with Crippen LogP contribution in [-0.2, 0) is 19.1 Å². The molecular weight excluding hydrogens is 399 g/mol. The summed E-state index contributed by atoms with van der Waals surface area (Å²) < 4.78 is 10.2. The Hall–Kier alpha value is -2.56. The third kappa shape index (κ3) is 8.89. The molecule has 0 spiro atoms. The van der Waals surface area contributed by atoms with Gasteiger partial charge in [-0.15, -0.1) is 0 Å². The molecule has 146 valence electrons. The number of hydrogen-bond donors (Lipinski definition) is 0. The van der Waals surface area contributed by atoms with Crippen LogP contribution in [0.25, 0.3) is 12.2 Å². The van der Waals surface area contributed by atoms with Crippen molar-refractivity contribution in [2.75, 3.05) is 13.2 Å². The average Bonchev–Trinajstić information content (AvgIpc) is 2.69. The van der Waals surface area contributed by atoms with E-state index in [0.717, 1.165) is 11.1 Å². The Labute approximate surface area is 174 Å². The molecule has 2 aromatic carbocycles. The number of unbranched alkanes of at least 4 members (excludes halogenated alkanes) is 1. The van der Waals surface area contributed by atoms with Crippen LogP contribution < -0.4 is 0 Å². The number of halogens is 2. The minimum absolute atomic E-state index is 0.266. The Kier molecular flexibility index (Phi) is 9.32. The molecule has 0 aliphatic carbocycles. The molecular formula is C22H20Cl2O4. The SMILES string of the molecule is O=C(/C=C/c1ccc(Cl)cc1)OCCCCOC(=O)/C=C/c1ccc(Cl)cc1. The van der Waals surface area contributed by atoms with E-state index in [4.69, 9.17) is 32.7 Å². The predicted octanol–water partition coefficient (Wildman–Crippen LogP) is 5.59. The Balaban J connectivity index is 1.56. The first-order valence-corrected chi connectivity index (χ1v) is 9.49. The van der Waals surface area contributed by atoms with Crippen LogP contribution in [0.2, 0.25) is 10.0 Å². The van der Waals surface area contributed by atoms with Crippen molar-refractivity contribution in [3.63, 3.8) is 0 Å². The van der Waals surface area contributed by atoms with E-state index in [9.17, 15) is 9.59 Å². The van der Waals surface area contributed by atoms with Crippen molar-refractivity contribution >= 4 is 47.3 Å². The van der Waals surface area contributed by atoms with Crippen LogP contribution in [0.3, 0.4) is 0 Å². The molecule has 0 aromatic heterocycles. The van der Waals surface area contributed by atoms with E-state index in [1.807, 2.05) is 24.3 Å². The zero-order valence-corrected chi connectivity index (χ0v) is 16.7. The van der Waals surface area contributed by atoms with Crippen molar-refractivity contribution in [3.05, 3.63) is 81.9 Å². The number of hydrogen-bond acceptors (Lipinski definition) is 4. The van der Waals surface area contributed by atoms with E-state index >= 15 is 0 Å². The fourth-order valence-electron chi connectivity index (χ4n) is 2.12. The van der Waals surface area contributed by atoms with E-state index in [1.165, 1.54) is 12.2 Å². The monoisotopic (exact) mass is 418 g/mol. The van der Waals surface area contributed by atoms with Crippen molar-refractivity contribution in [2.45, 2.75) is 12.8 Å². The minimum atomic E-state index is -0.419. The van der Waals surface area contributed by atoms with Crippen LogP contribution >= 0.6 is 23.2 Å². The quantitative estimate of drug-likeness (QED) is 0.302. The van der Waals surface area contributed by atoms with Gasteiger partial charge < -0.3 is 9.47 Å². The lowest BCUT2D eigenvalue weighted by molar-refractivity contribution is -0.140. The number of esters is 2. The summed E-state index contributed by atoms with van der Waals surface area (Å²) in [5.41, 5.74) is 1.72. The number of benzene rings is 2. The fourth-order valence-corrected chi connectivity index (χ4v) is 2.37. The van der Waals surface area contributed by atoms with E-state index in [2.05, 4.69) is 0 Å². The first-order chi connectivity index (χ1) is 13.5. The standard InChI is InChI=1S/C22H20Cl2O4/c23-19-9-3-17(4-10-19)7-13-21(25)27-15-1-2-16-28-22(26)14-8-18-5-11-20(24)12-6-18/h3-14H,1-2,15-16H2/b13-7+,14-8+. The lowest BCUT2D eigenvalue weighted by Crippen LogP contribution is -2.06. The smallest absolute Gasteiger partial charge is 0.330 e. The molecule has 6 heteroatoms. The van der Waals surface area contributed by atoms with Crippen molar-refractivity contribution in [3.8, 4) is 0 Å². The van der Waals surface area contributed by atoms with Gasteiger partial charge in [0, 0.05) is 22.2 Å². The highest BCUT2D eigenvalue weighted by Gasteiger charge is 2.00. The van der Waals surface area contributed by atoms with Crippen LogP contribution in [0.15, 0.2) is 60.7 Å². The molecule has 0 atom stereocenters. The lowest BCUT2D eigenvalue weighted by Gasteiger charge is -2.03. The van der Waals surface area contributed by atoms with Gasteiger partial charge in [-0.2, -0.15) is 0 Å². The van der Waals surface area contributed by atoms with E-state index < -0.39 is 11.9 Å². The maximum Gasteiger partial charge on any atom is 0.330 e. The van der Waals surface area contributed by atoms with Gasteiger partial charge in [-0.25, -0.2) is 9.59 Å². The zero-order chi connectivity index (χ0) is 20.2. The summed E-state index contributed by atoms with van der Waals surface area (Å²) in [7, 11) is 0. The molecule has 2 aromatic rings. The molecule has 0 unspecified atom stereocenters. The van der Waals surface area contributed by atoms with Crippen LogP contribution in [0.1, 0.15) is 24.0 Å². The minimum Gasteiger partial charge on any atom is -0.463 e. The second-order valence-electron chi connectivity index (χ2n) is 5.81. The van der Waals surface area contributed by atoms with Gasteiger partial charge in [0.2, 0.25) is 0 Å². The summed E-state index contributed by atoms with van der Waals surface area (Å²) in [4.78, 5) is 23.3. The largest absolute Gasteiger partial charge is 0.463 e. The van der Waals surface area contributed by atoms with Gasteiger partial charge >= 0.3 is 11.9 Å². The summed E-state index contributed by atoms with van der Waals surface area (Å²) in [6.07, 6.45) is 7.26. The maximum atomic E-state index is 11.6. The molecule has 0 fully saturated rings. The Morgan fingerprint density at radius 1 is 0.679 bits per heavy atom. The van der Waals surface area contributed by atoms with Crippen LogP contribution in [0.5, 0.6) is 0 Å². The highest BCUT2D eigenvalue weighted by Crippen LogP contribution is 2.11. The Morgan fingerprint density at radius 3 is 1.39 bits per heavy atom. The van der Waals surface area contributed by atoms with Gasteiger partial charge in [0.1, 0.15) is 0 Å². The van der Waals surface area contributed by atoms with E-state index in [-0.39, 0.29) is 13.2 Å². The number of carbonyl (C=O) groups excluding carboxylic acids is 2. The molecule has 0 heterocycles. The first kappa shape index (κ1) is 21.7. The molecule has 0 aliphatic heterocycles. The zero-order valence-electron chi connectivity index (χ0n) is 15.1. The van der Waals surface area contributed by atoms with Crippen molar-refractivity contribution in [1.82, 2.24) is 0 Å².